The van der Waals surface area contributed by atoms with Crippen LogP contribution in [0.1, 0.15) is 18.1 Å². The first kappa shape index (κ1) is 14.8. The summed E-state index contributed by atoms with van der Waals surface area (Å²) in [5, 5.41) is -0.130. The number of rotatable bonds is 3. The standard InChI is InChI=1S/C12H10F4OS/c1-8(17)18-7-3-5-9-4-2-6-10(13)11(9)12(14,15)16/h2-6H,7H2,1H3. The molecule has 0 heterocycles. The highest BCUT2D eigenvalue weighted by Crippen LogP contribution is 2.34. The fourth-order valence-electron chi connectivity index (χ4n) is 1.32. The summed E-state index contributed by atoms with van der Waals surface area (Å²) < 4.78 is 51.0. The molecule has 18 heavy (non-hydrogen) atoms. The Morgan fingerprint density at radius 1 is 1.39 bits per heavy atom. The highest BCUT2D eigenvalue weighted by Gasteiger charge is 2.35. The number of alkyl halides is 3. The summed E-state index contributed by atoms with van der Waals surface area (Å²) in [6.07, 6.45) is -2.17. The number of thioether (sulfide) groups is 1. The molecule has 0 aliphatic heterocycles. The van der Waals surface area contributed by atoms with Crippen LogP contribution in [0.15, 0.2) is 24.3 Å². The SMILES string of the molecule is CC(=O)SCC=Cc1cccc(F)c1C(F)(F)F. The van der Waals surface area contributed by atoms with E-state index in [4.69, 9.17) is 0 Å². The summed E-state index contributed by atoms with van der Waals surface area (Å²) in [7, 11) is 0. The summed E-state index contributed by atoms with van der Waals surface area (Å²) in [5.41, 5.74) is -1.53. The number of benzene rings is 1. The lowest BCUT2D eigenvalue weighted by atomic mass is 10.1. The van der Waals surface area contributed by atoms with Gasteiger partial charge >= 0.3 is 6.18 Å². The number of carbonyl (C=O) groups is 1. The Bertz CT molecular complexity index is 466. The Hall–Kier alpha value is -1.30. The maximum absolute atomic E-state index is 13.2. The average Bonchev–Trinajstić information content (AvgIpc) is 2.22. The smallest absolute Gasteiger partial charge is 0.288 e. The number of hydrogen-bond donors (Lipinski definition) is 0. The molecular formula is C12H10F4OS. The molecule has 0 saturated heterocycles. The van der Waals surface area contributed by atoms with Gasteiger partial charge in [0.1, 0.15) is 5.82 Å². The van der Waals surface area contributed by atoms with E-state index in [0.29, 0.717) is 0 Å². The Balaban J connectivity index is 2.96. The third-order valence-corrected chi connectivity index (χ3v) is 2.78. The number of halogens is 4. The molecule has 0 aliphatic carbocycles. The minimum absolute atomic E-state index is 0.130. The van der Waals surface area contributed by atoms with Crippen molar-refractivity contribution >= 4 is 23.0 Å². The van der Waals surface area contributed by atoms with Gasteiger partial charge in [-0.25, -0.2) is 4.39 Å². The van der Waals surface area contributed by atoms with Gasteiger partial charge in [0.05, 0.1) is 5.56 Å². The second-order valence-corrected chi connectivity index (χ2v) is 4.60. The first-order chi connectivity index (χ1) is 8.32. The normalized spacial score (nSPS) is 12.1. The van der Waals surface area contributed by atoms with E-state index in [0.717, 1.165) is 17.8 Å². The highest BCUT2D eigenvalue weighted by atomic mass is 32.2. The van der Waals surface area contributed by atoms with Gasteiger partial charge in [0.2, 0.25) is 0 Å². The molecule has 1 nitrogen and oxygen atoms in total. The van der Waals surface area contributed by atoms with E-state index in [2.05, 4.69) is 0 Å². The fraction of sp³-hybridized carbons (Fsp3) is 0.250. The summed E-state index contributed by atoms with van der Waals surface area (Å²) >= 11 is 0.967. The van der Waals surface area contributed by atoms with Crippen molar-refractivity contribution in [2.75, 3.05) is 5.75 Å². The van der Waals surface area contributed by atoms with E-state index in [-0.39, 0.29) is 16.4 Å². The van der Waals surface area contributed by atoms with Crippen LogP contribution in [-0.2, 0) is 11.0 Å². The van der Waals surface area contributed by atoms with E-state index >= 15 is 0 Å². The zero-order chi connectivity index (χ0) is 13.8. The maximum atomic E-state index is 13.2. The van der Waals surface area contributed by atoms with Crippen molar-refractivity contribution in [2.45, 2.75) is 13.1 Å². The van der Waals surface area contributed by atoms with Crippen molar-refractivity contribution in [3.8, 4) is 0 Å². The highest BCUT2D eigenvalue weighted by molar-refractivity contribution is 8.13. The Kier molecular flexibility index (Phi) is 4.95. The van der Waals surface area contributed by atoms with E-state index in [9.17, 15) is 22.4 Å². The van der Waals surface area contributed by atoms with Crippen LogP contribution in [0.25, 0.3) is 6.08 Å². The predicted octanol–water partition coefficient (Wildman–Crippen LogP) is 4.14. The summed E-state index contributed by atoms with van der Waals surface area (Å²) in [6, 6.07) is 3.16. The van der Waals surface area contributed by atoms with Gasteiger partial charge < -0.3 is 0 Å². The van der Waals surface area contributed by atoms with E-state index in [1.807, 2.05) is 0 Å². The van der Waals surface area contributed by atoms with Crippen LogP contribution in [0.3, 0.4) is 0 Å². The lowest BCUT2D eigenvalue weighted by Crippen LogP contribution is -2.10. The van der Waals surface area contributed by atoms with Crippen molar-refractivity contribution in [2.24, 2.45) is 0 Å². The molecule has 0 atom stereocenters. The average molecular weight is 278 g/mol. The van der Waals surface area contributed by atoms with Crippen LogP contribution < -0.4 is 0 Å². The first-order valence-electron chi connectivity index (χ1n) is 4.98. The number of carbonyl (C=O) groups excluding carboxylic acids is 1. The monoisotopic (exact) mass is 278 g/mol. The van der Waals surface area contributed by atoms with Crippen LogP contribution in [-0.4, -0.2) is 10.9 Å². The maximum Gasteiger partial charge on any atom is 0.419 e. The van der Waals surface area contributed by atoms with Gasteiger partial charge in [0, 0.05) is 12.7 Å². The van der Waals surface area contributed by atoms with Crippen LogP contribution >= 0.6 is 11.8 Å². The number of hydrogen-bond acceptors (Lipinski definition) is 2. The van der Waals surface area contributed by atoms with Gasteiger partial charge in [-0.3, -0.25) is 4.79 Å². The summed E-state index contributed by atoms with van der Waals surface area (Å²) in [6.45, 7) is 1.36. The van der Waals surface area contributed by atoms with Crippen molar-refractivity contribution < 1.29 is 22.4 Å². The van der Waals surface area contributed by atoms with Gasteiger partial charge in [0.15, 0.2) is 5.12 Å². The third-order valence-electron chi connectivity index (χ3n) is 2.01. The predicted molar refractivity (Wildman–Crippen MR) is 63.6 cm³/mol. The van der Waals surface area contributed by atoms with E-state index < -0.39 is 17.6 Å². The lowest BCUT2D eigenvalue weighted by molar-refractivity contribution is -0.140. The molecule has 0 bridgehead atoms. The van der Waals surface area contributed by atoms with Crippen LogP contribution in [0.4, 0.5) is 17.6 Å². The molecule has 0 unspecified atom stereocenters. The van der Waals surface area contributed by atoms with Crippen LogP contribution in [0.2, 0.25) is 0 Å². The third kappa shape index (κ3) is 4.18. The molecule has 1 rings (SSSR count). The molecular weight excluding hydrogens is 268 g/mol. The van der Waals surface area contributed by atoms with Gasteiger partial charge in [-0.2, -0.15) is 13.2 Å². The van der Waals surface area contributed by atoms with Gasteiger partial charge in [-0.15, -0.1) is 0 Å². The molecule has 0 aromatic heterocycles. The Morgan fingerprint density at radius 2 is 2.06 bits per heavy atom. The molecule has 0 aliphatic rings. The lowest BCUT2D eigenvalue weighted by Gasteiger charge is -2.10. The van der Waals surface area contributed by atoms with Crippen molar-refractivity contribution in [1.82, 2.24) is 0 Å². The zero-order valence-electron chi connectivity index (χ0n) is 9.42. The second-order valence-electron chi connectivity index (χ2n) is 3.41. The van der Waals surface area contributed by atoms with Gasteiger partial charge in [-0.1, -0.05) is 36.0 Å². The Morgan fingerprint density at radius 3 is 2.61 bits per heavy atom. The Labute approximate surface area is 106 Å². The van der Waals surface area contributed by atoms with Crippen molar-refractivity contribution in [3.05, 3.63) is 41.2 Å². The quantitative estimate of drug-likeness (QED) is 0.773. The van der Waals surface area contributed by atoms with Gasteiger partial charge in [-0.05, 0) is 11.6 Å². The zero-order valence-corrected chi connectivity index (χ0v) is 10.2. The molecule has 0 N–H and O–H groups in total. The van der Waals surface area contributed by atoms with Gasteiger partial charge in [0.25, 0.3) is 0 Å². The fourth-order valence-corrected chi connectivity index (χ4v) is 1.75. The topological polar surface area (TPSA) is 17.1 Å². The summed E-state index contributed by atoms with van der Waals surface area (Å²) in [4.78, 5) is 10.6. The first-order valence-corrected chi connectivity index (χ1v) is 5.96. The molecule has 1 aromatic carbocycles. The molecule has 0 amide bonds. The van der Waals surface area contributed by atoms with Crippen molar-refractivity contribution in [1.29, 1.82) is 0 Å². The molecule has 98 valence electrons. The second kappa shape index (κ2) is 6.04. The van der Waals surface area contributed by atoms with Crippen LogP contribution in [0, 0.1) is 5.82 Å². The minimum Gasteiger partial charge on any atom is -0.288 e. The van der Waals surface area contributed by atoms with E-state index in [1.54, 1.807) is 0 Å². The molecule has 6 heteroatoms. The molecule has 0 radical (unpaired) electrons. The van der Waals surface area contributed by atoms with E-state index in [1.165, 1.54) is 31.2 Å². The molecule has 1 aromatic rings. The molecule has 0 spiro atoms. The molecule has 0 saturated carbocycles. The minimum atomic E-state index is -4.74. The molecule has 0 fully saturated rings. The van der Waals surface area contributed by atoms with Crippen LogP contribution in [0.5, 0.6) is 0 Å². The summed E-state index contributed by atoms with van der Waals surface area (Å²) in [5.74, 6) is -1.05. The van der Waals surface area contributed by atoms with Crippen molar-refractivity contribution in [3.63, 3.8) is 0 Å². The largest absolute Gasteiger partial charge is 0.419 e.